The van der Waals surface area contributed by atoms with Gasteiger partial charge in [-0.15, -0.1) is 0 Å². The first kappa shape index (κ1) is 23.9. The smallest absolute Gasteiger partial charge is 0.142 e. The molecule has 0 amide bonds. The molecule has 0 bridgehead atoms. The first-order valence-corrected chi connectivity index (χ1v) is 11.4. The van der Waals surface area contributed by atoms with Gasteiger partial charge in [0.2, 0.25) is 0 Å². The maximum absolute atomic E-state index is 10.5. The lowest BCUT2D eigenvalue weighted by atomic mass is 9.97. The van der Waals surface area contributed by atoms with E-state index in [2.05, 4.69) is 20.8 Å². The summed E-state index contributed by atoms with van der Waals surface area (Å²) in [5, 5.41) is 31.0. The highest BCUT2D eigenvalue weighted by Gasteiger charge is 2.55. The molecule has 26 heavy (non-hydrogen) atoms. The first-order chi connectivity index (χ1) is 12.6. The highest BCUT2D eigenvalue weighted by atomic mass is 16.3. The fourth-order valence-electron chi connectivity index (χ4n) is 5.08. The zero-order valence-corrected chi connectivity index (χ0v) is 17.7. The average Bonchev–Trinajstić information content (AvgIpc) is 2.88. The maximum atomic E-state index is 10.5. The molecule has 4 heteroatoms. The van der Waals surface area contributed by atoms with Crippen LogP contribution in [0.25, 0.3) is 0 Å². The Morgan fingerprint density at radius 3 is 2.00 bits per heavy atom. The van der Waals surface area contributed by atoms with Crippen molar-refractivity contribution in [3.05, 3.63) is 0 Å². The molecule has 1 fully saturated rings. The lowest BCUT2D eigenvalue weighted by molar-refractivity contribution is -0.965. The number of rotatable bonds is 15. The summed E-state index contributed by atoms with van der Waals surface area (Å²) in [5.74, 6) is 0. The summed E-state index contributed by atoms with van der Waals surface area (Å²) in [4.78, 5) is 0. The second kappa shape index (κ2) is 13.1. The van der Waals surface area contributed by atoms with Crippen LogP contribution in [0.1, 0.15) is 97.8 Å². The molecule has 3 N–H and O–H groups in total. The van der Waals surface area contributed by atoms with E-state index in [0.717, 1.165) is 36.7 Å². The van der Waals surface area contributed by atoms with Gasteiger partial charge >= 0.3 is 0 Å². The summed E-state index contributed by atoms with van der Waals surface area (Å²) in [6.45, 7) is 8.26. The summed E-state index contributed by atoms with van der Waals surface area (Å²) < 4.78 is 0.738. The summed E-state index contributed by atoms with van der Waals surface area (Å²) in [6, 6.07) is 0.225. The number of hydrogen-bond acceptors (Lipinski definition) is 3. The van der Waals surface area contributed by atoms with Crippen LogP contribution in [0, 0.1) is 0 Å². The average molecular weight is 373 g/mol. The van der Waals surface area contributed by atoms with Gasteiger partial charge in [-0.3, -0.25) is 0 Å². The van der Waals surface area contributed by atoms with Crippen molar-refractivity contribution in [2.24, 2.45) is 0 Å². The molecule has 1 rings (SSSR count). The maximum Gasteiger partial charge on any atom is 0.142 e. The van der Waals surface area contributed by atoms with Crippen molar-refractivity contribution < 1.29 is 19.8 Å². The second-order valence-electron chi connectivity index (χ2n) is 8.52. The molecule has 1 aliphatic rings. The Balaban J connectivity index is 2.77. The Labute approximate surface area is 162 Å². The van der Waals surface area contributed by atoms with E-state index in [1.807, 2.05) is 0 Å². The number of likely N-dealkylation sites (tertiary alicyclic amines) is 1. The number of quaternary nitrogens is 1. The van der Waals surface area contributed by atoms with Crippen molar-refractivity contribution in [2.45, 2.75) is 122 Å². The van der Waals surface area contributed by atoms with Crippen LogP contribution in [0.2, 0.25) is 0 Å². The van der Waals surface area contributed by atoms with Crippen LogP contribution in [-0.2, 0) is 0 Å². The molecule has 0 aromatic heterocycles. The van der Waals surface area contributed by atoms with Gasteiger partial charge in [-0.2, -0.15) is 0 Å². The van der Waals surface area contributed by atoms with E-state index in [0.29, 0.717) is 12.6 Å². The number of aliphatic hydroxyl groups is 3. The van der Waals surface area contributed by atoms with Crippen molar-refractivity contribution in [3.63, 3.8) is 0 Å². The fraction of sp³-hybridized carbons (Fsp3) is 1.00. The van der Waals surface area contributed by atoms with E-state index in [4.69, 9.17) is 0 Å². The van der Waals surface area contributed by atoms with E-state index in [9.17, 15) is 15.3 Å². The van der Waals surface area contributed by atoms with Gasteiger partial charge in [0.25, 0.3) is 0 Å². The Kier molecular flexibility index (Phi) is 12.0. The summed E-state index contributed by atoms with van der Waals surface area (Å²) >= 11 is 0. The molecule has 5 atom stereocenters. The molecular weight excluding hydrogens is 326 g/mol. The molecular formula is C22H46NO3+. The predicted octanol–water partition coefficient (Wildman–Crippen LogP) is 4.01. The fourth-order valence-corrected chi connectivity index (χ4v) is 5.08. The van der Waals surface area contributed by atoms with Gasteiger partial charge in [0.15, 0.2) is 0 Å². The molecule has 0 saturated carbocycles. The molecule has 1 aliphatic heterocycles. The van der Waals surface area contributed by atoms with Crippen LogP contribution in [0.3, 0.4) is 0 Å². The zero-order chi connectivity index (χ0) is 19.4. The molecule has 0 radical (unpaired) electrons. The quantitative estimate of drug-likeness (QED) is 0.301. The van der Waals surface area contributed by atoms with Crippen LogP contribution in [0.15, 0.2) is 0 Å². The van der Waals surface area contributed by atoms with Crippen LogP contribution in [0.4, 0.5) is 0 Å². The van der Waals surface area contributed by atoms with Gasteiger partial charge in [0.1, 0.15) is 24.8 Å². The highest BCUT2D eigenvalue weighted by Crippen LogP contribution is 2.36. The van der Waals surface area contributed by atoms with Gasteiger partial charge in [0, 0.05) is 0 Å². The standard InChI is InChI=1S/C22H46NO3/c1-4-7-9-10-11-12-13-16-23(19(14-6-3)15-8-5-2)17-21(25)22(26)20(23)18-24/h19-22,24-26H,4-18H2,1-3H3/q+1/t19-,20-,21+,22+,23?/m0/s1. The molecule has 4 nitrogen and oxygen atoms in total. The van der Waals surface area contributed by atoms with Crippen LogP contribution < -0.4 is 0 Å². The number of aliphatic hydroxyl groups excluding tert-OH is 3. The third-order valence-corrected chi connectivity index (χ3v) is 6.58. The topological polar surface area (TPSA) is 60.7 Å². The Morgan fingerprint density at radius 2 is 1.42 bits per heavy atom. The van der Waals surface area contributed by atoms with E-state index >= 15 is 0 Å². The van der Waals surface area contributed by atoms with E-state index in [-0.39, 0.29) is 12.6 Å². The monoisotopic (exact) mass is 372 g/mol. The normalized spacial score (nSPS) is 30.0. The number of nitrogens with zero attached hydrogens (tertiary/aromatic N) is 1. The Morgan fingerprint density at radius 1 is 0.808 bits per heavy atom. The summed E-state index contributed by atoms with van der Waals surface area (Å²) in [5.41, 5.74) is 0. The van der Waals surface area contributed by atoms with Crippen LogP contribution in [-0.4, -0.2) is 63.8 Å². The van der Waals surface area contributed by atoms with E-state index in [1.54, 1.807) is 0 Å². The minimum absolute atomic E-state index is 0.0267. The highest BCUT2D eigenvalue weighted by molar-refractivity contribution is 4.87. The van der Waals surface area contributed by atoms with Crippen molar-refractivity contribution in [1.29, 1.82) is 0 Å². The largest absolute Gasteiger partial charge is 0.390 e. The van der Waals surface area contributed by atoms with Gasteiger partial charge in [-0.1, -0.05) is 65.7 Å². The van der Waals surface area contributed by atoms with Gasteiger partial charge in [0.05, 0.1) is 19.2 Å². The third-order valence-electron chi connectivity index (χ3n) is 6.58. The molecule has 0 spiro atoms. The van der Waals surface area contributed by atoms with Crippen molar-refractivity contribution in [2.75, 3.05) is 19.7 Å². The summed E-state index contributed by atoms with van der Waals surface area (Å²) in [6.07, 6.45) is 13.2. The molecule has 0 aliphatic carbocycles. The predicted molar refractivity (Wildman–Crippen MR) is 109 cm³/mol. The minimum Gasteiger partial charge on any atom is -0.390 e. The molecule has 0 aromatic rings. The number of unbranched alkanes of at least 4 members (excludes halogenated alkanes) is 7. The molecule has 156 valence electrons. The third kappa shape index (κ3) is 6.47. The first-order valence-electron chi connectivity index (χ1n) is 11.4. The van der Waals surface area contributed by atoms with Gasteiger partial charge in [-0.05, 0) is 32.1 Å². The van der Waals surface area contributed by atoms with Gasteiger partial charge < -0.3 is 19.8 Å². The van der Waals surface area contributed by atoms with Gasteiger partial charge in [-0.25, -0.2) is 0 Å². The van der Waals surface area contributed by atoms with Crippen molar-refractivity contribution in [3.8, 4) is 0 Å². The SMILES string of the molecule is CCCCCCCCC[N+]1([C@@H](CCC)CCCC)C[C@@H](O)[C@H](O)[C@@H]1CO. The lowest BCUT2D eigenvalue weighted by Gasteiger charge is -2.46. The number of hydrogen-bond donors (Lipinski definition) is 3. The Bertz CT molecular complexity index is 352. The molecule has 1 heterocycles. The molecule has 0 aromatic carbocycles. The molecule has 1 unspecified atom stereocenters. The lowest BCUT2D eigenvalue weighted by Crippen LogP contribution is -2.62. The van der Waals surface area contributed by atoms with Crippen LogP contribution >= 0.6 is 0 Å². The zero-order valence-electron chi connectivity index (χ0n) is 17.7. The summed E-state index contributed by atoms with van der Waals surface area (Å²) in [7, 11) is 0. The van der Waals surface area contributed by atoms with Crippen molar-refractivity contribution in [1.82, 2.24) is 0 Å². The van der Waals surface area contributed by atoms with E-state index in [1.165, 1.54) is 51.4 Å². The Hall–Kier alpha value is -0.160. The van der Waals surface area contributed by atoms with Crippen molar-refractivity contribution >= 4 is 0 Å². The molecule has 1 saturated heterocycles. The minimum atomic E-state index is -0.787. The van der Waals surface area contributed by atoms with Crippen LogP contribution in [0.5, 0.6) is 0 Å². The second-order valence-corrected chi connectivity index (χ2v) is 8.52. The van der Waals surface area contributed by atoms with E-state index < -0.39 is 12.2 Å².